The van der Waals surface area contributed by atoms with E-state index in [2.05, 4.69) is 0 Å². The van der Waals surface area contributed by atoms with Crippen LogP contribution in [0.5, 0.6) is 0 Å². The fourth-order valence-corrected chi connectivity index (χ4v) is 0.451. The van der Waals surface area contributed by atoms with E-state index in [0.29, 0.717) is 0 Å². The Balaban J connectivity index is 4.34. The first-order valence-electron chi connectivity index (χ1n) is 3.03. The number of aliphatic carboxylic acids is 1. The van der Waals surface area contributed by atoms with Gasteiger partial charge < -0.3 is 16.6 Å². The van der Waals surface area contributed by atoms with Crippen molar-refractivity contribution >= 4 is 5.97 Å². The molecule has 11 heavy (non-hydrogen) atoms. The summed E-state index contributed by atoms with van der Waals surface area (Å²) < 4.78 is 12.0. The van der Waals surface area contributed by atoms with Gasteiger partial charge in [-0.1, -0.05) is 12.2 Å². The molecule has 5 N–H and O–H groups in total. The number of rotatable bonds is 4. The van der Waals surface area contributed by atoms with Gasteiger partial charge in [-0.25, -0.2) is 9.18 Å². The SMILES string of the molecule is NC/C=C/[C@](N)(CF)C(=O)O. The zero-order valence-electron chi connectivity index (χ0n) is 5.96. The molecule has 0 unspecified atom stereocenters. The molecule has 0 saturated carbocycles. The van der Waals surface area contributed by atoms with Crippen molar-refractivity contribution in [3.05, 3.63) is 12.2 Å². The van der Waals surface area contributed by atoms with Gasteiger partial charge in [0, 0.05) is 6.54 Å². The Morgan fingerprint density at radius 3 is 2.55 bits per heavy atom. The summed E-state index contributed by atoms with van der Waals surface area (Å²) in [6.45, 7) is -0.995. The molecular formula is C6H11FN2O2. The molecule has 0 aliphatic carbocycles. The Bertz CT molecular complexity index is 172. The van der Waals surface area contributed by atoms with Gasteiger partial charge >= 0.3 is 5.97 Å². The maximum Gasteiger partial charge on any atom is 0.330 e. The lowest BCUT2D eigenvalue weighted by molar-refractivity contribution is -0.141. The summed E-state index contributed by atoms with van der Waals surface area (Å²) in [5, 5.41) is 8.40. The van der Waals surface area contributed by atoms with Crippen molar-refractivity contribution in [2.45, 2.75) is 5.54 Å². The van der Waals surface area contributed by atoms with E-state index in [1.807, 2.05) is 0 Å². The van der Waals surface area contributed by atoms with Gasteiger partial charge in [0.1, 0.15) is 6.67 Å². The molecule has 0 radical (unpaired) electrons. The highest BCUT2D eigenvalue weighted by molar-refractivity contribution is 5.81. The van der Waals surface area contributed by atoms with Crippen LogP contribution >= 0.6 is 0 Å². The molecule has 0 spiro atoms. The molecule has 0 aliphatic heterocycles. The van der Waals surface area contributed by atoms with E-state index in [9.17, 15) is 9.18 Å². The first kappa shape index (κ1) is 10.1. The monoisotopic (exact) mass is 162 g/mol. The second kappa shape index (κ2) is 4.05. The van der Waals surface area contributed by atoms with Crippen molar-refractivity contribution in [1.29, 1.82) is 0 Å². The molecule has 0 heterocycles. The topological polar surface area (TPSA) is 89.3 Å². The molecule has 0 fully saturated rings. The minimum atomic E-state index is -1.92. The van der Waals surface area contributed by atoms with Gasteiger partial charge in [-0.3, -0.25) is 0 Å². The summed E-state index contributed by atoms with van der Waals surface area (Å²) in [4.78, 5) is 10.3. The smallest absolute Gasteiger partial charge is 0.330 e. The molecule has 0 aromatic carbocycles. The summed E-state index contributed by atoms with van der Waals surface area (Å²) in [5.74, 6) is -1.40. The molecule has 0 amide bonds. The number of carboxylic acids is 1. The van der Waals surface area contributed by atoms with Gasteiger partial charge in [0.2, 0.25) is 0 Å². The molecule has 5 heteroatoms. The largest absolute Gasteiger partial charge is 0.480 e. The van der Waals surface area contributed by atoms with E-state index in [4.69, 9.17) is 16.6 Å². The summed E-state index contributed by atoms with van der Waals surface area (Å²) in [5.41, 5.74) is 8.22. The van der Waals surface area contributed by atoms with Gasteiger partial charge in [0.05, 0.1) is 0 Å². The fraction of sp³-hybridized carbons (Fsp3) is 0.500. The van der Waals surface area contributed by atoms with Crippen LogP contribution in [0.3, 0.4) is 0 Å². The van der Waals surface area contributed by atoms with Crippen molar-refractivity contribution in [2.75, 3.05) is 13.2 Å². The number of carboxylic acid groups (broad SMARTS) is 1. The molecule has 0 aromatic heterocycles. The van der Waals surface area contributed by atoms with Crippen LogP contribution in [0.15, 0.2) is 12.2 Å². The van der Waals surface area contributed by atoms with Gasteiger partial charge in [-0.2, -0.15) is 0 Å². The quantitative estimate of drug-likeness (QED) is 0.474. The van der Waals surface area contributed by atoms with Gasteiger partial charge in [-0.15, -0.1) is 0 Å². The third kappa shape index (κ3) is 2.65. The predicted octanol–water partition coefficient (Wildman–Crippen LogP) is -0.747. The summed E-state index contributed by atoms with van der Waals surface area (Å²) in [7, 11) is 0. The third-order valence-corrected chi connectivity index (χ3v) is 1.17. The van der Waals surface area contributed by atoms with Crippen molar-refractivity contribution in [1.82, 2.24) is 0 Å². The summed E-state index contributed by atoms with van der Waals surface area (Å²) >= 11 is 0. The lowest BCUT2D eigenvalue weighted by Crippen LogP contribution is -2.48. The summed E-state index contributed by atoms with van der Waals surface area (Å²) in [6, 6.07) is 0. The fourth-order valence-electron chi connectivity index (χ4n) is 0.451. The number of nitrogens with two attached hydrogens (primary N) is 2. The Morgan fingerprint density at radius 2 is 2.27 bits per heavy atom. The highest BCUT2D eigenvalue weighted by Gasteiger charge is 2.30. The Morgan fingerprint density at radius 1 is 1.73 bits per heavy atom. The van der Waals surface area contributed by atoms with Crippen molar-refractivity contribution < 1.29 is 14.3 Å². The van der Waals surface area contributed by atoms with Crippen LogP contribution in [0.4, 0.5) is 4.39 Å². The van der Waals surface area contributed by atoms with E-state index >= 15 is 0 Å². The second-order valence-corrected chi connectivity index (χ2v) is 2.12. The maximum atomic E-state index is 12.0. The zero-order valence-corrected chi connectivity index (χ0v) is 5.96. The van der Waals surface area contributed by atoms with E-state index in [0.717, 1.165) is 6.08 Å². The van der Waals surface area contributed by atoms with Crippen molar-refractivity contribution in [3.8, 4) is 0 Å². The third-order valence-electron chi connectivity index (χ3n) is 1.17. The highest BCUT2D eigenvalue weighted by atomic mass is 19.1. The molecular weight excluding hydrogens is 151 g/mol. The summed E-state index contributed by atoms with van der Waals surface area (Å²) in [6.07, 6.45) is 2.36. The molecule has 0 rings (SSSR count). The van der Waals surface area contributed by atoms with Crippen LogP contribution in [0, 0.1) is 0 Å². The lowest BCUT2D eigenvalue weighted by Gasteiger charge is -2.15. The number of carbonyl (C=O) groups is 1. The van der Waals surface area contributed by atoms with Gasteiger partial charge in [-0.05, 0) is 0 Å². The second-order valence-electron chi connectivity index (χ2n) is 2.12. The van der Waals surface area contributed by atoms with Gasteiger partial charge in [0.15, 0.2) is 5.54 Å². The average Bonchev–Trinajstić information content (AvgIpc) is 2.00. The number of halogens is 1. The highest BCUT2D eigenvalue weighted by Crippen LogP contribution is 2.03. The van der Waals surface area contributed by atoms with Crippen LogP contribution in [0.25, 0.3) is 0 Å². The Hall–Kier alpha value is -0.940. The van der Waals surface area contributed by atoms with Crippen LogP contribution in [0.2, 0.25) is 0 Å². The average molecular weight is 162 g/mol. The number of hydrogen-bond acceptors (Lipinski definition) is 3. The van der Waals surface area contributed by atoms with Crippen molar-refractivity contribution in [3.63, 3.8) is 0 Å². The minimum Gasteiger partial charge on any atom is -0.480 e. The normalized spacial score (nSPS) is 16.6. The van der Waals surface area contributed by atoms with Gasteiger partial charge in [0.25, 0.3) is 0 Å². The molecule has 64 valence electrons. The lowest BCUT2D eigenvalue weighted by atomic mass is 10.0. The van der Waals surface area contributed by atoms with Crippen LogP contribution < -0.4 is 11.5 Å². The van der Waals surface area contributed by atoms with Crippen molar-refractivity contribution in [2.24, 2.45) is 11.5 Å². The van der Waals surface area contributed by atoms with Crippen LogP contribution in [0.1, 0.15) is 0 Å². The predicted molar refractivity (Wildman–Crippen MR) is 38.7 cm³/mol. The Kier molecular flexibility index (Phi) is 3.70. The molecule has 1 atom stereocenters. The molecule has 4 nitrogen and oxygen atoms in total. The van der Waals surface area contributed by atoms with E-state index < -0.39 is 18.2 Å². The maximum absolute atomic E-state index is 12.0. The van der Waals surface area contributed by atoms with E-state index in [1.54, 1.807) is 0 Å². The number of alkyl halides is 1. The van der Waals surface area contributed by atoms with Crippen LogP contribution in [-0.4, -0.2) is 29.8 Å². The molecule has 0 aromatic rings. The zero-order chi connectivity index (χ0) is 8.91. The molecule has 0 saturated heterocycles. The number of hydrogen-bond donors (Lipinski definition) is 3. The van der Waals surface area contributed by atoms with E-state index in [1.165, 1.54) is 6.08 Å². The minimum absolute atomic E-state index is 0.145. The van der Waals surface area contributed by atoms with Crippen LogP contribution in [-0.2, 0) is 4.79 Å². The first-order chi connectivity index (χ1) is 5.06. The first-order valence-corrected chi connectivity index (χ1v) is 3.03. The molecule has 0 bridgehead atoms. The Labute approximate surface area is 63.7 Å². The standard InChI is InChI=1S/C6H11FN2O2/c7-4-6(9,5(10)11)2-1-3-8/h1-2H,3-4,8-9H2,(H,10,11)/b2-1+/t6-/m0/s1. The molecule has 0 aliphatic rings. The van der Waals surface area contributed by atoms with E-state index in [-0.39, 0.29) is 6.54 Å².